The van der Waals surface area contributed by atoms with Crippen molar-refractivity contribution in [1.82, 2.24) is 15.1 Å². The number of aromatic nitrogens is 2. The zero-order valence-electron chi connectivity index (χ0n) is 14.3. The van der Waals surface area contributed by atoms with E-state index in [2.05, 4.69) is 15.2 Å². The van der Waals surface area contributed by atoms with Gasteiger partial charge in [0.25, 0.3) is 5.91 Å². The van der Waals surface area contributed by atoms with Crippen molar-refractivity contribution in [3.05, 3.63) is 59.1 Å². The van der Waals surface area contributed by atoms with Crippen LogP contribution in [-0.2, 0) is 6.54 Å². The molecular formula is C18H16F3N3O2S. The van der Waals surface area contributed by atoms with Crippen molar-refractivity contribution in [2.75, 3.05) is 6.54 Å². The van der Waals surface area contributed by atoms with Gasteiger partial charge in [0, 0.05) is 17.8 Å². The molecule has 9 heteroatoms. The minimum absolute atomic E-state index is 0.251. The summed E-state index contributed by atoms with van der Waals surface area (Å²) >= 11 is 1.60. The molecule has 0 aliphatic rings. The Morgan fingerprint density at radius 3 is 2.63 bits per heavy atom. The maximum Gasteiger partial charge on any atom is 0.573 e. The van der Waals surface area contributed by atoms with Gasteiger partial charge in [-0.1, -0.05) is 6.07 Å². The Labute approximate surface area is 157 Å². The molecule has 3 rings (SSSR count). The first kappa shape index (κ1) is 19.0. The zero-order chi connectivity index (χ0) is 19.4. The predicted octanol–water partition coefficient (Wildman–Crippen LogP) is 4.25. The molecule has 5 nitrogen and oxygen atoms in total. The van der Waals surface area contributed by atoms with E-state index in [0.717, 1.165) is 28.4 Å². The van der Waals surface area contributed by atoms with Gasteiger partial charge in [-0.15, -0.1) is 24.5 Å². The number of halogens is 3. The Kier molecular flexibility index (Phi) is 5.50. The highest BCUT2D eigenvalue weighted by Crippen LogP contribution is 2.24. The minimum atomic E-state index is -4.76. The molecular weight excluding hydrogens is 379 g/mol. The molecule has 0 atom stereocenters. The Hall–Kier alpha value is -2.81. The summed E-state index contributed by atoms with van der Waals surface area (Å²) in [7, 11) is 0. The van der Waals surface area contributed by atoms with Crippen LogP contribution in [0.1, 0.15) is 16.1 Å². The number of hydrogen-bond donors (Lipinski definition) is 1. The van der Waals surface area contributed by atoms with Crippen LogP contribution in [0, 0.1) is 6.92 Å². The average Bonchev–Trinajstić information content (AvgIpc) is 3.24. The van der Waals surface area contributed by atoms with Crippen LogP contribution in [-0.4, -0.2) is 28.6 Å². The number of nitrogens with zero attached hydrogens (tertiary/aromatic N) is 2. The van der Waals surface area contributed by atoms with E-state index in [0.29, 0.717) is 13.1 Å². The minimum Gasteiger partial charge on any atom is -0.406 e. The van der Waals surface area contributed by atoms with Gasteiger partial charge in [-0.25, -0.2) is 0 Å². The molecule has 0 unspecified atom stereocenters. The normalized spacial score (nSPS) is 11.4. The summed E-state index contributed by atoms with van der Waals surface area (Å²) in [5.74, 6) is -0.746. The number of ether oxygens (including phenoxy) is 1. The van der Waals surface area contributed by atoms with Crippen molar-refractivity contribution in [3.63, 3.8) is 0 Å². The average molecular weight is 395 g/mol. The van der Waals surface area contributed by atoms with Crippen molar-refractivity contribution in [2.45, 2.75) is 19.8 Å². The Balaban J connectivity index is 1.54. The molecule has 0 spiro atoms. The van der Waals surface area contributed by atoms with Crippen LogP contribution >= 0.6 is 11.3 Å². The van der Waals surface area contributed by atoms with Crippen LogP contribution in [0.15, 0.2) is 47.8 Å². The van der Waals surface area contributed by atoms with Crippen LogP contribution in [0.25, 0.3) is 10.6 Å². The molecule has 1 amide bonds. The first-order chi connectivity index (χ1) is 12.8. The highest BCUT2D eigenvalue weighted by Gasteiger charge is 2.31. The number of nitrogens with one attached hydrogen (secondary N) is 1. The number of carbonyl (C=O) groups excluding carboxylic acids is 1. The van der Waals surface area contributed by atoms with E-state index in [-0.39, 0.29) is 17.2 Å². The van der Waals surface area contributed by atoms with Gasteiger partial charge in [0.05, 0.1) is 11.4 Å². The van der Waals surface area contributed by atoms with Gasteiger partial charge in [0.15, 0.2) is 0 Å². The van der Waals surface area contributed by atoms with E-state index in [4.69, 9.17) is 0 Å². The van der Waals surface area contributed by atoms with Crippen LogP contribution in [0.4, 0.5) is 13.2 Å². The summed E-state index contributed by atoms with van der Waals surface area (Å²) in [4.78, 5) is 13.2. The number of hydrogen-bond acceptors (Lipinski definition) is 4. The van der Waals surface area contributed by atoms with E-state index in [1.54, 1.807) is 16.0 Å². The smallest absolute Gasteiger partial charge is 0.406 e. The largest absolute Gasteiger partial charge is 0.573 e. The Morgan fingerprint density at radius 1 is 1.26 bits per heavy atom. The monoisotopic (exact) mass is 395 g/mol. The van der Waals surface area contributed by atoms with Crippen LogP contribution in [0.3, 0.4) is 0 Å². The van der Waals surface area contributed by atoms with Crippen molar-refractivity contribution in [1.29, 1.82) is 0 Å². The molecule has 0 saturated carbocycles. The first-order valence-electron chi connectivity index (χ1n) is 8.04. The molecule has 0 saturated heterocycles. The van der Waals surface area contributed by atoms with Crippen LogP contribution < -0.4 is 10.1 Å². The Morgan fingerprint density at radius 2 is 2.00 bits per heavy atom. The van der Waals surface area contributed by atoms with Crippen molar-refractivity contribution < 1.29 is 22.7 Å². The third kappa shape index (κ3) is 5.10. The maximum absolute atomic E-state index is 12.1. The van der Waals surface area contributed by atoms with Gasteiger partial charge in [-0.05, 0) is 48.7 Å². The number of benzene rings is 1. The molecule has 27 heavy (non-hydrogen) atoms. The highest BCUT2D eigenvalue weighted by molar-refractivity contribution is 7.13. The van der Waals surface area contributed by atoms with Crippen molar-refractivity contribution >= 4 is 17.2 Å². The van der Waals surface area contributed by atoms with E-state index in [9.17, 15) is 18.0 Å². The fraction of sp³-hybridized carbons (Fsp3) is 0.222. The molecule has 1 N–H and O–H groups in total. The van der Waals surface area contributed by atoms with Gasteiger partial charge < -0.3 is 10.1 Å². The molecule has 0 aliphatic heterocycles. The third-order valence-corrected chi connectivity index (χ3v) is 4.61. The molecule has 0 bridgehead atoms. The SMILES string of the molecule is Cc1cc(-c2cccs2)nn1CCNC(=O)c1ccc(OC(F)(F)F)cc1. The predicted molar refractivity (Wildman–Crippen MR) is 95.7 cm³/mol. The Bertz CT molecular complexity index is 903. The number of aryl methyl sites for hydroxylation is 1. The molecule has 0 fully saturated rings. The van der Waals surface area contributed by atoms with Gasteiger partial charge >= 0.3 is 6.36 Å². The molecule has 0 radical (unpaired) electrons. The lowest BCUT2D eigenvalue weighted by Gasteiger charge is -2.10. The molecule has 142 valence electrons. The van der Waals surface area contributed by atoms with Crippen molar-refractivity contribution in [3.8, 4) is 16.3 Å². The summed E-state index contributed by atoms with van der Waals surface area (Å²) in [5.41, 5.74) is 2.11. The van der Waals surface area contributed by atoms with Gasteiger partial charge in [0.1, 0.15) is 11.4 Å². The lowest BCUT2D eigenvalue weighted by atomic mass is 10.2. The maximum atomic E-state index is 12.1. The van der Waals surface area contributed by atoms with E-state index < -0.39 is 6.36 Å². The van der Waals surface area contributed by atoms with Gasteiger partial charge in [0.2, 0.25) is 0 Å². The van der Waals surface area contributed by atoms with Crippen LogP contribution in [0.5, 0.6) is 5.75 Å². The summed E-state index contributed by atoms with van der Waals surface area (Å²) in [5, 5.41) is 9.23. The van der Waals surface area contributed by atoms with Gasteiger partial charge in [-0.2, -0.15) is 5.10 Å². The number of alkyl halides is 3. The van der Waals surface area contributed by atoms with Crippen LogP contribution in [0.2, 0.25) is 0 Å². The lowest BCUT2D eigenvalue weighted by Crippen LogP contribution is -2.27. The number of thiophene rings is 1. The molecule has 2 heterocycles. The standard InChI is InChI=1S/C18H16F3N3O2S/c1-12-11-15(16-3-2-10-27-16)23-24(12)9-8-22-17(25)13-4-6-14(7-5-13)26-18(19,20)21/h2-7,10-11H,8-9H2,1H3,(H,22,25). The second kappa shape index (κ2) is 7.83. The molecule has 0 aliphatic carbocycles. The molecule has 3 aromatic rings. The summed E-state index contributed by atoms with van der Waals surface area (Å²) in [6.07, 6.45) is -4.76. The topological polar surface area (TPSA) is 56.2 Å². The van der Waals surface area contributed by atoms with E-state index >= 15 is 0 Å². The second-order valence-corrected chi connectivity index (χ2v) is 6.65. The van der Waals surface area contributed by atoms with E-state index in [1.165, 1.54) is 12.1 Å². The number of amides is 1. The summed E-state index contributed by atoms with van der Waals surface area (Å²) in [6, 6.07) is 10.7. The lowest BCUT2D eigenvalue weighted by molar-refractivity contribution is -0.274. The van der Waals surface area contributed by atoms with Gasteiger partial charge in [-0.3, -0.25) is 9.48 Å². The number of carbonyl (C=O) groups is 1. The molecule has 2 aromatic heterocycles. The highest BCUT2D eigenvalue weighted by atomic mass is 32.1. The summed E-state index contributed by atoms with van der Waals surface area (Å²) < 4.78 is 42.0. The quantitative estimate of drug-likeness (QED) is 0.679. The summed E-state index contributed by atoms with van der Waals surface area (Å²) in [6.45, 7) is 2.76. The van der Waals surface area contributed by atoms with Crippen molar-refractivity contribution in [2.24, 2.45) is 0 Å². The molecule has 1 aromatic carbocycles. The third-order valence-electron chi connectivity index (χ3n) is 3.71. The fourth-order valence-corrected chi connectivity index (χ4v) is 3.15. The second-order valence-electron chi connectivity index (χ2n) is 5.70. The number of rotatable bonds is 6. The fourth-order valence-electron chi connectivity index (χ4n) is 2.47. The first-order valence-corrected chi connectivity index (χ1v) is 8.92. The zero-order valence-corrected chi connectivity index (χ0v) is 15.1. The van der Waals surface area contributed by atoms with E-state index in [1.807, 2.05) is 30.5 Å².